The second-order valence-electron chi connectivity index (χ2n) is 11.4. The quantitative estimate of drug-likeness (QED) is 0.221. The zero-order valence-corrected chi connectivity index (χ0v) is 23.7. The summed E-state index contributed by atoms with van der Waals surface area (Å²) in [5.41, 5.74) is 6.69. The van der Waals surface area contributed by atoms with Crippen molar-refractivity contribution in [2.75, 3.05) is 23.0 Å². The summed E-state index contributed by atoms with van der Waals surface area (Å²) in [6.07, 6.45) is 7.46. The first-order valence-electron chi connectivity index (χ1n) is 14.0. The smallest absolute Gasteiger partial charge is 0.221 e. The van der Waals surface area contributed by atoms with Crippen molar-refractivity contribution in [3.8, 4) is 17.4 Å². The minimum Gasteiger partial charge on any atom is -0.439 e. The molecule has 0 radical (unpaired) electrons. The number of rotatable bonds is 5. The van der Waals surface area contributed by atoms with E-state index in [0.717, 1.165) is 52.6 Å². The van der Waals surface area contributed by atoms with Crippen molar-refractivity contribution in [1.82, 2.24) is 19.5 Å². The fourth-order valence-corrected chi connectivity index (χ4v) is 5.68. The van der Waals surface area contributed by atoms with E-state index in [1.165, 1.54) is 16.6 Å². The summed E-state index contributed by atoms with van der Waals surface area (Å²) in [4.78, 5) is 18.3. The Bertz CT molecular complexity index is 1900. The lowest BCUT2D eigenvalue weighted by molar-refractivity contribution is 0.463. The van der Waals surface area contributed by atoms with Gasteiger partial charge in [-0.25, -0.2) is 9.97 Å². The van der Waals surface area contributed by atoms with Crippen molar-refractivity contribution in [3.63, 3.8) is 0 Å². The first-order valence-corrected chi connectivity index (χ1v) is 14.0. The molecule has 7 rings (SSSR count). The average molecular weight is 541 g/mol. The Balaban J connectivity index is 1.29. The summed E-state index contributed by atoms with van der Waals surface area (Å²) in [6, 6.07) is 25.0. The SMILES string of the molecule is CCN1CN(c2ccnc(Oc3ccc4c5ccccc5n(-c5cc(C(C)(C)C)ccn5)c4c3)c2)c2cnccc21. The zero-order chi connectivity index (χ0) is 28.1. The second-order valence-corrected chi connectivity index (χ2v) is 11.4. The average Bonchev–Trinajstić information content (AvgIpc) is 3.52. The molecule has 0 fully saturated rings. The number of benzene rings is 2. The lowest BCUT2D eigenvalue weighted by Gasteiger charge is -2.21. The Hall–Kier alpha value is -4.91. The molecule has 1 aliphatic heterocycles. The van der Waals surface area contributed by atoms with Crippen LogP contribution in [-0.4, -0.2) is 32.7 Å². The fourth-order valence-electron chi connectivity index (χ4n) is 5.68. The van der Waals surface area contributed by atoms with Crippen molar-refractivity contribution in [2.24, 2.45) is 0 Å². The minimum absolute atomic E-state index is 0.0154. The van der Waals surface area contributed by atoms with Crippen molar-refractivity contribution >= 4 is 38.9 Å². The molecule has 0 aliphatic carbocycles. The third-order valence-electron chi connectivity index (χ3n) is 7.84. The molecule has 7 nitrogen and oxygen atoms in total. The molecule has 6 aromatic rings. The molecule has 204 valence electrons. The highest BCUT2D eigenvalue weighted by molar-refractivity contribution is 6.09. The van der Waals surface area contributed by atoms with Crippen LogP contribution in [0.2, 0.25) is 0 Å². The molecule has 5 heterocycles. The van der Waals surface area contributed by atoms with Gasteiger partial charge in [0, 0.05) is 53.7 Å². The van der Waals surface area contributed by atoms with Gasteiger partial charge < -0.3 is 14.5 Å². The Morgan fingerprint density at radius 1 is 0.805 bits per heavy atom. The molecule has 0 amide bonds. The number of fused-ring (bicyclic) bond motifs is 4. The van der Waals surface area contributed by atoms with Crippen molar-refractivity contribution in [1.29, 1.82) is 0 Å². The molecular formula is C34H32N6O. The Kier molecular flexibility index (Phi) is 5.89. The summed E-state index contributed by atoms with van der Waals surface area (Å²) in [7, 11) is 0. The Labute approximate surface area is 239 Å². The largest absolute Gasteiger partial charge is 0.439 e. The molecule has 0 N–H and O–H groups in total. The lowest BCUT2D eigenvalue weighted by atomic mass is 9.88. The van der Waals surface area contributed by atoms with E-state index in [0.29, 0.717) is 5.88 Å². The normalized spacial score (nSPS) is 13.3. The van der Waals surface area contributed by atoms with Crippen LogP contribution in [0.4, 0.5) is 17.1 Å². The predicted molar refractivity (Wildman–Crippen MR) is 166 cm³/mol. The van der Waals surface area contributed by atoms with Gasteiger partial charge in [-0.2, -0.15) is 0 Å². The highest BCUT2D eigenvalue weighted by Crippen LogP contribution is 2.41. The maximum atomic E-state index is 6.39. The summed E-state index contributed by atoms with van der Waals surface area (Å²) < 4.78 is 8.62. The molecule has 0 unspecified atom stereocenters. The van der Waals surface area contributed by atoms with Crippen LogP contribution in [0.3, 0.4) is 0 Å². The molecule has 0 saturated carbocycles. The number of ether oxygens (including phenoxy) is 1. The number of anilines is 3. The van der Waals surface area contributed by atoms with Crippen LogP contribution in [0.15, 0.2) is 97.6 Å². The van der Waals surface area contributed by atoms with Gasteiger partial charge in [-0.3, -0.25) is 9.55 Å². The zero-order valence-electron chi connectivity index (χ0n) is 23.7. The maximum Gasteiger partial charge on any atom is 0.221 e. The number of nitrogens with zero attached hydrogens (tertiary/aromatic N) is 6. The Morgan fingerprint density at radius 3 is 2.49 bits per heavy atom. The van der Waals surface area contributed by atoms with Gasteiger partial charge in [0.25, 0.3) is 0 Å². The monoisotopic (exact) mass is 540 g/mol. The first-order chi connectivity index (χ1) is 19.9. The van der Waals surface area contributed by atoms with Crippen LogP contribution in [0.25, 0.3) is 27.6 Å². The van der Waals surface area contributed by atoms with Crippen LogP contribution in [0, 0.1) is 0 Å². The predicted octanol–water partition coefficient (Wildman–Crippen LogP) is 7.99. The topological polar surface area (TPSA) is 59.3 Å². The molecule has 1 aliphatic rings. The van der Waals surface area contributed by atoms with Gasteiger partial charge in [0.1, 0.15) is 11.6 Å². The van der Waals surface area contributed by atoms with E-state index in [1.807, 2.05) is 36.8 Å². The van der Waals surface area contributed by atoms with Crippen molar-refractivity contribution in [2.45, 2.75) is 33.1 Å². The summed E-state index contributed by atoms with van der Waals surface area (Å²) in [6.45, 7) is 10.5. The van der Waals surface area contributed by atoms with Gasteiger partial charge in [0.2, 0.25) is 5.88 Å². The van der Waals surface area contributed by atoms with Gasteiger partial charge in [0.15, 0.2) is 0 Å². The van der Waals surface area contributed by atoms with Gasteiger partial charge in [-0.05, 0) is 60.4 Å². The van der Waals surface area contributed by atoms with E-state index in [9.17, 15) is 0 Å². The molecule has 2 aromatic carbocycles. The molecule has 7 heteroatoms. The second kappa shape index (κ2) is 9.63. The number of hydrogen-bond acceptors (Lipinski definition) is 6. The highest BCUT2D eigenvalue weighted by Gasteiger charge is 2.26. The van der Waals surface area contributed by atoms with E-state index in [1.54, 1.807) is 6.20 Å². The van der Waals surface area contributed by atoms with Gasteiger partial charge in [-0.1, -0.05) is 39.0 Å². The number of pyridine rings is 3. The molecule has 0 atom stereocenters. The van der Waals surface area contributed by atoms with E-state index in [4.69, 9.17) is 9.72 Å². The third-order valence-corrected chi connectivity index (χ3v) is 7.84. The van der Waals surface area contributed by atoms with Crippen LogP contribution in [0.5, 0.6) is 11.6 Å². The minimum atomic E-state index is 0.0154. The standard InChI is InChI=1S/C34H32N6O/c1-5-38-22-39(31-21-35-15-14-29(31)38)24-13-17-37-33(19-24)41-25-10-11-27-26-8-6-7-9-28(26)40(30(27)20-25)32-18-23(12-16-36-32)34(2,3)4/h6-21H,5,22H2,1-4H3. The maximum absolute atomic E-state index is 6.39. The van der Waals surface area contributed by atoms with Crippen LogP contribution >= 0.6 is 0 Å². The van der Waals surface area contributed by atoms with Crippen molar-refractivity contribution in [3.05, 3.63) is 103 Å². The van der Waals surface area contributed by atoms with E-state index in [-0.39, 0.29) is 5.41 Å². The first kappa shape index (κ1) is 25.1. The lowest BCUT2D eigenvalue weighted by Crippen LogP contribution is -2.27. The van der Waals surface area contributed by atoms with Crippen LogP contribution in [0.1, 0.15) is 33.3 Å². The molecule has 0 saturated heterocycles. The van der Waals surface area contributed by atoms with E-state index >= 15 is 0 Å². The number of aromatic nitrogens is 4. The molecule has 0 bridgehead atoms. The Morgan fingerprint density at radius 2 is 1.63 bits per heavy atom. The summed E-state index contributed by atoms with van der Waals surface area (Å²) in [5.74, 6) is 2.15. The highest BCUT2D eigenvalue weighted by atomic mass is 16.5. The van der Waals surface area contributed by atoms with Gasteiger partial charge in [0.05, 0.1) is 35.3 Å². The third kappa shape index (κ3) is 4.34. The molecule has 41 heavy (non-hydrogen) atoms. The van der Waals surface area contributed by atoms with Gasteiger partial charge >= 0.3 is 0 Å². The van der Waals surface area contributed by atoms with Crippen LogP contribution in [-0.2, 0) is 5.41 Å². The van der Waals surface area contributed by atoms with Gasteiger partial charge in [-0.15, -0.1) is 0 Å². The number of para-hydroxylation sites is 1. The summed E-state index contributed by atoms with van der Waals surface area (Å²) in [5, 5.41) is 2.33. The molecule has 0 spiro atoms. The van der Waals surface area contributed by atoms with E-state index in [2.05, 4.69) is 107 Å². The fraction of sp³-hybridized carbons (Fsp3) is 0.206. The number of hydrogen-bond donors (Lipinski definition) is 0. The van der Waals surface area contributed by atoms with E-state index < -0.39 is 0 Å². The van der Waals surface area contributed by atoms with Crippen LogP contribution < -0.4 is 14.5 Å². The molecule has 4 aromatic heterocycles. The molecular weight excluding hydrogens is 508 g/mol. The summed E-state index contributed by atoms with van der Waals surface area (Å²) >= 11 is 0. The van der Waals surface area contributed by atoms with Crippen molar-refractivity contribution < 1.29 is 4.74 Å².